The highest BCUT2D eigenvalue weighted by Gasteiger charge is 2.13. The average Bonchev–Trinajstić information content (AvgIpc) is 2.61. The van der Waals surface area contributed by atoms with Crippen LogP contribution < -0.4 is 0 Å². The molecule has 1 aliphatic rings. The first-order chi connectivity index (χ1) is 6.27. The molecule has 1 aliphatic heterocycles. The fourth-order valence-corrected chi connectivity index (χ4v) is 1.75. The maximum atomic E-state index is 5.86. The molecule has 0 saturated heterocycles. The lowest BCUT2D eigenvalue weighted by atomic mass is 10.2. The lowest BCUT2D eigenvalue weighted by Crippen LogP contribution is -2.01. The SMILES string of the molecule is Clc1ccc(Br)c(C2=NCCO2)c1. The Labute approximate surface area is 89.7 Å². The molecule has 0 unspecified atom stereocenters. The first-order valence-corrected chi connectivity index (χ1v) is 5.07. The topological polar surface area (TPSA) is 21.6 Å². The number of hydrogen-bond acceptors (Lipinski definition) is 2. The smallest absolute Gasteiger partial charge is 0.217 e. The van der Waals surface area contributed by atoms with E-state index < -0.39 is 0 Å². The molecule has 68 valence electrons. The first kappa shape index (κ1) is 9.03. The summed E-state index contributed by atoms with van der Waals surface area (Å²) >= 11 is 9.28. The summed E-state index contributed by atoms with van der Waals surface area (Å²) in [5, 5.41) is 0.691. The van der Waals surface area contributed by atoms with E-state index in [-0.39, 0.29) is 0 Å². The Balaban J connectivity index is 2.43. The summed E-state index contributed by atoms with van der Waals surface area (Å²) in [6, 6.07) is 5.56. The van der Waals surface area contributed by atoms with Crippen molar-refractivity contribution >= 4 is 33.4 Å². The molecule has 1 aromatic rings. The van der Waals surface area contributed by atoms with E-state index in [2.05, 4.69) is 20.9 Å². The Kier molecular flexibility index (Phi) is 2.56. The molecule has 2 nitrogen and oxygen atoms in total. The summed E-state index contributed by atoms with van der Waals surface area (Å²) < 4.78 is 6.29. The van der Waals surface area contributed by atoms with Gasteiger partial charge in [-0.2, -0.15) is 0 Å². The number of benzene rings is 1. The maximum absolute atomic E-state index is 5.86. The zero-order valence-corrected chi connectivity index (χ0v) is 9.10. The second-order valence-corrected chi connectivity index (χ2v) is 3.95. The van der Waals surface area contributed by atoms with Crippen molar-refractivity contribution < 1.29 is 4.74 Å². The average molecular weight is 261 g/mol. The van der Waals surface area contributed by atoms with Gasteiger partial charge in [0.1, 0.15) is 6.61 Å². The summed E-state index contributed by atoms with van der Waals surface area (Å²) in [5.74, 6) is 0.675. The maximum Gasteiger partial charge on any atom is 0.217 e. The quantitative estimate of drug-likeness (QED) is 0.761. The zero-order chi connectivity index (χ0) is 9.26. The van der Waals surface area contributed by atoms with Crippen molar-refractivity contribution in [1.29, 1.82) is 0 Å². The van der Waals surface area contributed by atoms with Crippen molar-refractivity contribution in [3.8, 4) is 0 Å². The van der Waals surface area contributed by atoms with Crippen LogP contribution in [0.25, 0.3) is 0 Å². The second-order valence-electron chi connectivity index (χ2n) is 2.66. The molecule has 1 aromatic carbocycles. The van der Waals surface area contributed by atoms with Crippen LogP contribution in [0, 0.1) is 0 Å². The summed E-state index contributed by atoms with van der Waals surface area (Å²) in [4.78, 5) is 4.21. The van der Waals surface area contributed by atoms with Crippen molar-refractivity contribution in [1.82, 2.24) is 0 Å². The molecule has 0 atom stereocenters. The van der Waals surface area contributed by atoms with E-state index in [1.165, 1.54) is 0 Å². The van der Waals surface area contributed by atoms with E-state index in [0.29, 0.717) is 17.5 Å². The number of rotatable bonds is 1. The monoisotopic (exact) mass is 259 g/mol. The normalized spacial score (nSPS) is 15.4. The Bertz CT molecular complexity index is 365. The van der Waals surface area contributed by atoms with Gasteiger partial charge in [0.25, 0.3) is 0 Å². The third-order valence-electron chi connectivity index (χ3n) is 1.74. The van der Waals surface area contributed by atoms with Gasteiger partial charge in [0.2, 0.25) is 5.90 Å². The molecule has 4 heteroatoms. The second kappa shape index (κ2) is 3.68. The Morgan fingerprint density at radius 3 is 3.00 bits per heavy atom. The molecule has 0 saturated carbocycles. The van der Waals surface area contributed by atoms with Crippen molar-refractivity contribution in [2.75, 3.05) is 13.2 Å². The van der Waals surface area contributed by atoms with E-state index in [9.17, 15) is 0 Å². The molecule has 1 heterocycles. The van der Waals surface area contributed by atoms with Gasteiger partial charge in [-0.15, -0.1) is 0 Å². The van der Waals surface area contributed by atoms with Crippen molar-refractivity contribution in [3.63, 3.8) is 0 Å². The summed E-state index contributed by atoms with van der Waals surface area (Å²) in [7, 11) is 0. The number of halogens is 2. The van der Waals surface area contributed by atoms with Gasteiger partial charge in [0, 0.05) is 9.50 Å². The van der Waals surface area contributed by atoms with Crippen LogP contribution in [0.3, 0.4) is 0 Å². The van der Waals surface area contributed by atoms with E-state index in [4.69, 9.17) is 16.3 Å². The van der Waals surface area contributed by atoms with E-state index >= 15 is 0 Å². The molecule has 0 amide bonds. The molecule has 13 heavy (non-hydrogen) atoms. The van der Waals surface area contributed by atoms with E-state index in [0.717, 1.165) is 16.6 Å². The van der Waals surface area contributed by atoms with Crippen molar-refractivity contribution in [3.05, 3.63) is 33.3 Å². The predicted molar refractivity (Wildman–Crippen MR) is 56.5 cm³/mol. The molecule has 0 bridgehead atoms. The van der Waals surface area contributed by atoms with Crippen LogP contribution in [-0.4, -0.2) is 19.0 Å². The van der Waals surface area contributed by atoms with Crippen LogP contribution in [-0.2, 0) is 4.74 Å². The van der Waals surface area contributed by atoms with Crippen LogP contribution in [0.1, 0.15) is 5.56 Å². The van der Waals surface area contributed by atoms with E-state index in [1.807, 2.05) is 18.2 Å². The highest BCUT2D eigenvalue weighted by Crippen LogP contribution is 2.23. The Morgan fingerprint density at radius 1 is 1.46 bits per heavy atom. The molecule has 0 radical (unpaired) electrons. The van der Waals surface area contributed by atoms with Crippen LogP contribution >= 0.6 is 27.5 Å². The largest absolute Gasteiger partial charge is 0.475 e. The van der Waals surface area contributed by atoms with Crippen molar-refractivity contribution in [2.45, 2.75) is 0 Å². The number of ether oxygens (including phenoxy) is 1. The standard InChI is InChI=1S/C9H7BrClNO/c10-8-2-1-6(11)5-7(8)9-12-3-4-13-9/h1-2,5H,3-4H2. The van der Waals surface area contributed by atoms with Gasteiger partial charge < -0.3 is 4.74 Å². The Hall–Kier alpha value is -0.540. The third kappa shape index (κ3) is 1.86. The van der Waals surface area contributed by atoms with Crippen LogP contribution in [0.15, 0.2) is 27.7 Å². The van der Waals surface area contributed by atoms with Gasteiger partial charge in [-0.1, -0.05) is 11.6 Å². The summed E-state index contributed by atoms with van der Waals surface area (Å²) in [5.41, 5.74) is 0.921. The zero-order valence-electron chi connectivity index (χ0n) is 6.76. The van der Waals surface area contributed by atoms with Crippen LogP contribution in [0.4, 0.5) is 0 Å². The molecular weight excluding hydrogens is 253 g/mol. The van der Waals surface area contributed by atoms with Gasteiger partial charge in [-0.05, 0) is 34.1 Å². The van der Waals surface area contributed by atoms with Crippen LogP contribution in [0.2, 0.25) is 5.02 Å². The summed E-state index contributed by atoms with van der Waals surface area (Å²) in [6.07, 6.45) is 0. The molecular formula is C9H7BrClNO. The predicted octanol–water partition coefficient (Wildman–Crippen LogP) is 2.88. The molecule has 0 aromatic heterocycles. The number of hydrogen-bond donors (Lipinski definition) is 0. The molecule has 0 N–H and O–H groups in total. The van der Waals surface area contributed by atoms with Gasteiger partial charge in [-0.3, -0.25) is 0 Å². The molecule has 2 rings (SSSR count). The van der Waals surface area contributed by atoms with E-state index in [1.54, 1.807) is 0 Å². The highest BCUT2D eigenvalue weighted by atomic mass is 79.9. The highest BCUT2D eigenvalue weighted by molar-refractivity contribution is 9.10. The lowest BCUT2D eigenvalue weighted by molar-refractivity contribution is 0.348. The number of nitrogens with zero attached hydrogens (tertiary/aromatic N) is 1. The first-order valence-electron chi connectivity index (χ1n) is 3.90. The van der Waals surface area contributed by atoms with Crippen LogP contribution in [0.5, 0.6) is 0 Å². The van der Waals surface area contributed by atoms with Gasteiger partial charge in [0.15, 0.2) is 0 Å². The van der Waals surface area contributed by atoms with Crippen molar-refractivity contribution in [2.24, 2.45) is 4.99 Å². The Morgan fingerprint density at radius 2 is 2.31 bits per heavy atom. The minimum absolute atomic E-state index is 0.661. The molecule has 0 spiro atoms. The minimum atomic E-state index is 0.661. The number of aliphatic imine (C=N–C) groups is 1. The summed E-state index contributed by atoms with van der Waals surface area (Å²) in [6.45, 7) is 1.39. The third-order valence-corrected chi connectivity index (χ3v) is 2.67. The molecule has 0 fully saturated rings. The minimum Gasteiger partial charge on any atom is -0.475 e. The van der Waals surface area contributed by atoms with Gasteiger partial charge >= 0.3 is 0 Å². The lowest BCUT2D eigenvalue weighted by Gasteiger charge is -2.04. The van der Waals surface area contributed by atoms with Gasteiger partial charge in [-0.25, -0.2) is 4.99 Å². The fraction of sp³-hybridized carbons (Fsp3) is 0.222. The van der Waals surface area contributed by atoms with Gasteiger partial charge in [0.05, 0.1) is 12.1 Å². The fourth-order valence-electron chi connectivity index (χ4n) is 1.16. The molecule has 0 aliphatic carbocycles.